The van der Waals surface area contributed by atoms with Crippen molar-refractivity contribution < 1.29 is 18.3 Å². The average molecular weight is 560 g/mol. The Bertz CT molecular complexity index is 1410. The van der Waals surface area contributed by atoms with Crippen LogP contribution in [0.15, 0.2) is 41.3 Å². The zero-order valence-corrected chi connectivity index (χ0v) is 21.0. The van der Waals surface area contributed by atoms with Crippen molar-refractivity contribution >= 4 is 49.7 Å². The van der Waals surface area contributed by atoms with Crippen LogP contribution in [0.1, 0.15) is 31.3 Å². The van der Waals surface area contributed by atoms with Crippen LogP contribution in [0, 0.1) is 5.92 Å². The maximum atomic E-state index is 13.8. The SMILES string of the molecule is COCCNC(=O)[C@@H]1CC[C@@H](Nc2ncc3c(Br)nn(-c4cc(C(F)F)c5ncccc5c4)c3n2)C1. The van der Waals surface area contributed by atoms with Crippen molar-refractivity contribution in [3.63, 3.8) is 0 Å². The summed E-state index contributed by atoms with van der Waals surface area (Å²) in [6.45, 7) is 0.963. The van der Waals surface area contributed by atoms with Gasteiger partial charge < -0.3 is 15.4 Å². The first kappa shape index (κ1) is 24.4. The minimum absolute atomic E-state index is 0.0235. The van der Waals surface area contributed by atoms with Gasteiger partial charge in [0.2, 0.25) is 11.9 Å². The van der Waals surface area contributed by atoms with Crippen molar-refractivity contribution in [1.82, 2.24) is 30.0 Å². The predicted molar refractivity (Wildman–Crippen MR) is 134 cm³/mol. The molecule has 1 aliphatic rings. The topological polar surface area (TPSA) is 107 Å². The third-order valence-electron chi connectivity index (χ3n) is 6.32. The fourth-order valence-corrected chi connectivity index (χ4v) is 5.00. The number of aromatic nitrogens is 5. The summed E-state index contributed by atoms with van der Waals surface area (Å²) in [5.41, 5.74) is 0.997. The van der Waals surface area contributed by atoms with E-state index in [-0.39, 0.29) is 28.9 Å². The van der Waals surface area contributed by atoms with Gasteiger partial charge in [-0.25, -0.2) is 18.4 Å². The maximum absolute atomic E-state index is 13.8. The summed E-state index contributed by atoms with van der Waals surface area (Å²) >= 11 is 3.43. The number of fused-ring (bicyclic) bond motifs is 2. The molecule has 1 saturated carbocycles. The number of rotatable bonds is 8. The number of anilines is 1. The molecule has 3 heterocycles. The number of methoxy groups -OCH3 is 1. The lowest BCUT2D eigenvalue weighted by atomic mass is 10.1. The Labute approximate surface area is 213 Å². The molecule has 36 heavy (non-hydrogen) atoms. The molecule has 3 aromatic heterocycles. The van der Waals surface area contributed by atoms with Crippen molar-refractivity contribution in [2.24, 2.45) is 5.92 Å². The number of benzene rings is 1. The van der Waals surface area contributed by atoms with E-state index < -0.39 is 6.43 Å². The van der Waals surface area contributed by atoms with E-state index in [2.05, 4.69) is 46.6 Å². The van der Waals surface area contributed by atoms with Crippen molar-refractivity contribution in [2.45, 2.75) is 31.7 Å². The van der Waals surface area contributed by atoms with Gasteiger partial charge in [-0.3, -0.25) is 9.78 Å². The van der Waals surface area contributed by atoms with Gasteiger partial charge >= 0.3 is 0 Å². The Morgan fingerprint density at radius 1 is 1.31 bits per heavy atom. The lowest BCUT2D eigenvalue weighted by Gasteiger charge is -2.14. The molecule has 2 N–H and O–H groups in total. The fourth-order valence-electron chi connectivity index (χ4n) is 4.57. The van der Waals surface area contributed by atoms with Crippen molar-refractivity contribution in [3.8, 4) is 5.69 Å². The van der Waals surface area contributed by atoms with Crippen LogP contribution in [0.25, 0.3) is 27.6 Å². The van der Waals surface area contributed by atoms with E-state index in [9.17, 15) is 13.6 Å². The summed E-state index contributed by atoms with van der Waals surface area (Å²) in [7, 11) is 1.60. The Hall–Kier alpha value is -3.25. The Kier molecular flexibility index (Phi) is 7.06. The molecule has 4 aromatic rings. The van der Waals surface area contributed by atoms with Gasteiger partial charge in [0.15, 0.2) is 5.65 Å². The van der Waals surface area contributed by atoms with Crippen LogP contribution in [0.3, 0.4) is 0 Å². The van der Waals surface area contributed by atoms with E-state index in [1.54, 1.807) is 31.5 Å². The number of ether oxygens (including phenoxy) is 1. The second-order valence-corrected chi connectivity index (χ2v) is 9.43. The number of hydrogen-bond acceptors (Lipinski definition) is 7. The van der Waals surface area contributed by atoms with Gasteiger partial charge in [0.25, 0.3) is 6.43 Å². The monoisotopic (exact) mass is 559 g/mol. The molecular formula is C24H24BrF2N7O2. The average Bonchev–Trinajstić information content (AvgIpc) is 3.47. The molecule has 1 aromatic carbocycles. The lowest BCUT2D eigenvalue weighted by Crippen LogP contribution is -2.32. The highest BCUT2D eigenvalue weighted by Crippen LogP contribution is 2.32. The third-order valence-corrected chi connectivity index (χ3v) is 6.91. The largest absolute Gasteiger partial charge is 0.383 e. The van der Waals surface area contributed by atoms with E-state index >= 15 is 0 Å². The third kappa shape index (κ3) is 4.87. The molecule has 0 bridgehead atoms. The molecule has 0 saturated heterocycles. The zero-order chi connectivity index (χ0) is 25.2. The second-order valence-electron chi connectivity index (χ2n) is 8.68. The molecular weight excluding hydrogens is 536 g/mol. The molecule has 2 atom stereocenters. The first-order valence-corrected chi connectivity index (χ1v) is 12.4. The molecule has 1 aliphatic carbocycles. The predicted octanol–water partition coefficient (Wildman–Crippen LogP) is 4.41. The van der Waals surface area contributed by atoms with Crippen LogP contribution in [0.2, 0.25) is 0 Å². The highest BCUT2D eigenvalue weighted by molar-refractivity contribution is 9.10. The number of hydrogen-bond donors (Lipinski definition) is 2. The fraction of sp³-hybridized carbons (Fsp3) is 0.375. The summed E-state index contributed by atoms with van der Waals surface area (Å²) in [6, 6.07) is 6.62. The first-order valence-electron chi connectivity index (χ1n) is 11.6. The van der Waals surface area contributed by atoms with E-state index in [1.165, 1.54) is 16.9 Å². The van der Waals surface area contributed by atoms with Crippen LogP contribution in [-0.4, -0.2) is 56.9 Å². The molecule has 0 aliphatic heterocycles. The Morgan fingerprint density at radius 2 is 2.17 bits per heavy atom. The van der Waals surface area contributed by atoms with Crippen molar-refractivity contribution in [3.05, 3.63) is 46.8 Å². The number of alkyl halides is 2. The number of nitrogens with one attached hydrogen (secondary N) is 2. The molecule has 1 amide bonds. The van der Waals surface area contributed by atoms with Crippen LogP contribution >= 0.6 is 15.9 Å². The molecule has 0 unspecified atom stereocenters. The summed E-state index contributed by atoms with van der Waals surface area (Å²) in [5.74, 6) is 0.329. The molecule has 0 radical (unpaired) electrons. The number of pyridine rings is 1. The molecule has 0 spiro atoms. The van der Waals surface area contributed by atoms with E-state index in [0.717, 1.165) is 12.8 Å². The number of carbonyl (C=O) groups is 1. The standard InChI is InChI=1S/C24H24BrF2N7O2/c1-36-8-7-29-23(35)14-4-5-15(9-14)31-24-30-12-18-20(25)33-34(22(18)32-24)16-10-13-3-2-6-28-19(13)17(11-16)21(26)27/h2-3,6,10-12,14-15,21H,4-5,7-9H2,1H3,(H,29,35)(H,30,31,32)/t14-,15-/m1/s1. The van der Waals surface area contributed by atoms with Crippen molar-refractivity contribution in [2.75, 3.05) is 25.6 Å². The quantitative estimate of drug-likeness (QED) is 0.308. The van der Waals surface area contributed by atoms with E-state index in [4.69, 9.17) is 4.74 Å². The number of halogens is 3. The number of carbonyl (C=O) groups excluding carboxylic acids is 1. The Balaban J connectivity index is 1.42. The van der Waals surface area contributed by atoms with Crippen molar-refractivity contribution in [1.29, 1.82) is 0 Å². The van der Waals surface area contributed by atoms with Gasteiger partial charge in [-0.2, -0.15) is 10.1 Å². The maximum Gasteiger partial charge on any atom is 0.266 e. The van der Waals surface area contributed by atoms with Gasteiger partial charge in [0.1, 0.15) is 4.60 Å². The molecule has 12 heteroatoms. The summed E-state index contributed by atoms with van der Waals surface area (Å²) in [5, 5.41) is 11.9. The van der Waals surface area contributed by atoms with E-state index in [1.807, 2.05) is 0 Å². The van der Waals surface area contributed by atoms with Gasteiger partial charge in [0, 0.05) is 49.0 Å². The molecule has 9 nitrogen and oxygen atoms in total. The van der Waals surface area contributed by atoms with Gasteiger partial charge in [-0.15, -0.1) is 0 Å². The minimum atomic E-state index is -2.69. The van der Waals surface area contributed by atoms with Gasteiger partial charge in [-0.1, -0.05) is 6.07 Å². The van der Waals surface area contributed by atoms with Gasteiger partial charge in [-0.05, 0) is 53.4 Å². The van der Waals surface area contributed by atoms with Crippen LogP contribution in [-0.2, 0) is 9.53 Å². The first-order chi connectivity index (χ1) is 17.4. The lowest BCUT2D eigenvalue weighted by molar-refractivity contribution is -0.125. The van der Waals surface area contributed by atoms with Crippen LogP contribution in [0.5, 0.6) is 0 Å². The van der Waals surface area contributed by atoms with E-state index in [0.29, 0.717) is 52.2 Å². The van der Waals surface area contributed by atoms with Crippen LogP contribution < -0.4 is 10.6 Å². The molecule has 188 valence electrons. The normalized spacial score (nSPS) is 17.8. The summed E-state index contributed by atoms with van der Waals surface area (Å²) in [4.78, 5) is 25.6. The zero-order valence-electron chi connectivity index (χ0n) is 19.4. The molecule has 5 rings (SSSR count). The highest BCUT2D eigenvalue weighted by atomic mass is 79.9. The summed E-state index contributed by atoms with van der Waals surface area (Å²) in [6.07, 6.45) is 2.68. The number of nitrogens with zero attached hydrogens (tertiary/aromatic N) is 5. The van der Waals surface area contributed by atoms with Crippen LogP contribution in [0.4, 0.5) is 14.7 Å². The minimum Gasteiger partial charge on any atom is -0.383 e. The van der Waals surface area contributed by atoms with Gasteiger partial charge in [0.05, 0.1) is 23.2 Å². The molecule has 1 fully saturated rings. The smallest absolute Gasteiger partial charge is 0.266 e. The summed E-state index contributed by atoms with van der Waals surface area (Å²) < 4.78 is 34.7. The number of amides is 1. The second kappa shape index (κ2) is 10.4. The highest BCUT2D eigenvalue weighted by Gasteiger charge is 2.30. The Morgan fingerprint density at radius 3 is 2.97 bits per heavy atom.